The zero-order valence-corrected chi connectivity index (χ0v) is 17.2. The molecule has 1 aliphatic carbocycles. The summed E-state index contributed by atoms with van der Waals surface area (Å²) in [6.45, 7) is 0.936. The number of carbonyl (C=O) groups is 1. The molecule has 1 fully saturated rings. The van der Waals surface area contributed by atoms with Gasteiger partial charge in [-0.1, -0.05) is 18.9 Å². The minimum Gasteiger partial charge on any atom is -0.491 e. The number of hydrogen-bond acceptors (Lipinski definition) is 5. The lowest BCUT2D eigenvalue weighted by Gasteiger charge is -2.13. The first-order valence-corrected chi connectivity index (χ1v) is 11.1. The predicted molar refractivity (Wildman–Crippen MR) is 111 cm³/mol. The average molecular weight is 419 g/mol. The van der Waals surface area contributed by atoms with Gasteiger partial charge in [0.2, 0.25) is 10.0 Å². The normalized spacial score (nSPS) is 14.7. The summed E-state index contributed by atoms with van der Waals surface area (Å²) in [5.41, 5.74) is 0.867. The molecular weight excluding hydrogens is 392 g/mol. The smallest absolute Gasteiger partial charge is 0.255 e. The molecule has 1 saturated carbocycles. The van der Waals surface area contributed by atoms with Crippen LogP contribution in [0, 0.1) is 0 Å². The summed E-state index contributed by atoms with van der Waals surface area (Å²) < 4.78 is 38.4. The van der Waals surface area contributed by atoms with Crippen molar-refractivity contribution in [2.75, 3.05) is 25.6 Å². The van der Waals surface area contributed by atoms with Crippen LogP contribution in [0.2, 0.25) is 0 Å². The Balaban J connectivity index is 1.64. The Morgan fingerprint density at radius 2 is 1.79 bits per heavy atom. The van der Waals surface area contributed by atoms with Crippen molar-refractivity contribution in [3.63, 3.8) is 0 Å². The van der Waals surface area contributed by atoms with Crippen molar-refractivity contribution in [2.45, 2.75) is 36.6 Å². The number of anilines is 1. The number of nitrogens with one attached hydrogen (secondary N) is 2. The van der Waals surface area contributed by atoms with E-state index in [4.69, 9.17) is 9.47 Å². The lowest BCUT2D eigenvalue weighted by atomic mass is 10.2. The third-order valence-corrected chi connectivity index (χ3v) is 6.27. The van der Waals surface area contributed by atoms with E-state index in [0.717, 1.165) is 25.7 Å². The molecule has 156 valence electrons. The fourth-order valence-electron chi connectivity index (χ4n) is 3.22. The quantitative estimate of drug-likeness (QED) is 0.610. The maximum Gasteiger partial charge on any atom is 0.255 e. The summed E-state index contributed by atoms with van der Waals surface area (Å²) in [7, 11) is -2.04. The molecule has 0 heterocycles. The number of hydrogen-bond donors (Lipinski definition) is 2. The summed E-state index contributed by atoms with van der Waals surface area (Å²) in [4.78, 5) is 12.7. The molecule has 0 bridgehead atoms. The number of rotatable bonds is 9. The molecule has 29 heavy (non-hydrogen) atoms. The molecule has 0 aromatic heterocycles. The highest BCUT2D eigenvalue weighted by molar-refractivity contribution is 7.89. The van der Waals surface area contributed by atoms with E-state index in [2.05, 4.69) is 10.0 Å². The SMILES string of the molecule is COCCOc1ccc(NC(=O)c2cccc(S(=O)(=O)NC3CCCC3)c2)cc1. The first-order valence-electron chi connectivity index (χ1n) is 9.63. The molecule has 0 aliphatic heterocycles. The molecule has 8 heteroatoms. The van der Waals surface area contributed by atoms with Gasteiger partial charge in [0.05, 0.1) is 11.5 Å². The molecule has 0 unspecified atom stereocenters. The van der Waals surface area contributed by atoms with Crippen LogP contribution in [0.1, 0.15) is 36.0 Å². The number of benzene rings is 2. The van der Waals surface area contributed by atoms with Crippen LogP contribution in [0.3, 0.4) is 0 Å². The molecule has 0 radical (unpaired) electrons. The Hall–Kier alpha value is -2.42. The zero-order chi connectivity index (χ0) is 20.7. The highest BCUT2D eigenvalue weighted by atomic mass is 32.2. The average Bonchev–Trinajstić information content (AvgIpc) is 3.22. The maximum absolute atomic E-state index is 12.6. The van der Waals surface area contributed by atoms with Crippen LogP contribution in [0.15, 0.2) is 53.4 Å². The topological polar surface area (TPSA) is 93.7 Å². The Labute approximate surface area is 171 Å². The van der Waals surface area contributed by atoms with Gasteiger partial charge in [0.1, 0.15) is 12.4 Å². The van der Waals surface area contributed by atoms with E-state index < -0.39 is 10.0 Å². The van der Waals surface area contributed by atoms with Crippen LogP contribution >= 0.6 is 0 Å². The lowest BCUT2D eigenvalue weighted by molar-refractivity contribution is 0.102. The van der Waals surface area contributed by atoms with Crippen LogP contribution in [-0.2, 0) is 14.8 Å². The molecule has 2 N–H and O–H groups in total. The molecule has 0 saturated heterocycles. The van der Waals surface area contributed by atoms with Crippen LogP contribution in [0.25, 0.3) is 0 Å². The van der Waals surface area contributed by atoms with Gasteiger partial charge in [-0.3, -0.25) is 4.79 Å². The van der Waals surface area contributed by atoms with E-state index in [9.17, 15) is 13.2 Å². The lowest BCUT2D eigenvalue weighted by Crippen LogP contribution is -2.32. The van der Waals surface area contributed by atoms with Gasteiger partial charge in [-0.2, -0.15) is 0 Å². The van der Waals surface area contributed by atoms with Crippen LogP contribution in [0.4, 0.5) is 5.69 Å². The molecule has 2 aromatic rings. The highest BCUT2D eigenvalue weighted by Crippen LogP contribution is 2.21. The second-order valence-electron chi connectivity index (χ2n) is 6.95. The number of amides is 1. The number of sulfonamides is 1. The van der Waals surface area contributed by atoms with E-state index in [1.165, 1.54) is 12.1 Å². The second kappa shape index (κ2) is 9.87. The predicted octanol–water partition coefficient (Wildman–Crippen LogP) is 3.19. The van der Waals surface area contributed by atoms with E-state index >= 15 is 0 Å². The Morgan fingerprint density at radius 3 is 2.48 bits per heavy atom. The van der Waals surface area contributed by atoms with Crippen LogP contribution in [-0.4, -0.2) is 40.7 Å². The molecule has 7 nitrogen and oxygen atoms in total. The van der Waals surface area contributed by atoms with Gasteiger partial charge in [-0.15, -0.1) is 0 Å². The van der Waals surface area contributed by atoms with E-state index in [1.54, 1.807) is 43.5 Å². The first-order chi connectivity index (χ1) is 14.0. The van der Waals surface area contributed by atoms with Crippen molar-refractivity contribution in [1.29, 1.82) is 0 Å². The molecule has 0 atom stereocenters. The molecule has 3 rings (SSSR count). The van der Waals surface area contributed by atoms with Crippen LogP contribution < -0.4 is 14.8 Å². The standard InChI is InChI=1S/C21H26N2O5S/c1-27-13-14-28-19-11-9-17(10-12-19)22-21(24)16-5-4-8-20(15-16)29(25,26)23-18-6-2-3-7-18/h4-5,8-12,15,18,23H,2-3,6-7,13-14H2,1H3,(H,22,24). The van der Waals surface area contributed by atoms with Crippen molar-refractivity contribution in [2.24, 2.45) is 0 Å². The van der Waals surface area contributed by atoms with Crippen molar-refractivity contribution in [3.05, 3.63) is 54.1 Å². The Kier molecular flexibility index (Phi) is 7.24. The van der Waals surface area contributed by atoms with Crippen LogP contribution in [0.5, 0.6) is 5.75 Å². The molecule has 2 aromatic carbocycles. The summed E-state index contributed by atoms with van der Waals surface area (Å²) in [5.74, 6) is 0.294. The number of ether oxygens (including phenoxy) is 2. The van der Waals surface area contributed by atoms with Gasteiger partial charge in [0.15, 0.2) is 0 Å². The van der Waals surface area contributed by atoms with E-state index in [-0.39, 0.29) is 22.4 Å². The maximum atomic E-state index is 12.6. The summed E-state index contributed by atoms with van der Waals surface area (Å²) in [6.07, 6.45) is 3.77. The first kappa shape index (κ1) is 21.3. The third-order valence-electron chi connectivity index (χ3n) is 4.75. The summed E-state index contributed by atoms with van der Waals surface area (Å²) >= 11 is 0. The van der Waals surface area contributed by atoms with Gasteiger partial charge in [-0.05, 0) is 55.3 Å². The summed E-state index contributed by atoms with van der Waals surface area (Å²) in [5, 5.41) is 2.77. The minimum absolute atomic E-state index is 0.0258. The second-order valence-corrected chi connectivity index (χ2v) is 8.66. The Bertz CT molecular complexity index is 922. The van der Waals surface area contributed by atoms with Crippen molar-refractivity contribution >= 4 is 21.6 Å². The third kappa shape index (κ3) is 6.03. The van der Waals surface area contributed by atoms with Crippen molar-refractivity contribution < 1.29 is 22.7 Å². The van der Waals surface area contributed by atoms with Crippen molar-refractivity contribution in [1.82, 2.24) is 4.72 Å². The summed E-state index contributed by atoms with van der Waals surface area (Å²) in [6, 6.07) is 13.0. The zero-order valence-electron chi connectivity index (χ0n) is 16.4. The van der Waals surface area contributed by atoms with Crippen molar-refractivity contribution in [3.8, 4) is 5.75 Å². The fourth-order valence-corrected chi connectivity index (χ4v) is 4.57. The molecule has 0 spiro atoms. The van der Waals surface area contributed by atoms with E-state index in [1.807, 2.05) is 0 Å². The Morgan fingerprint density at radius 1 is 1.07 bits per heavy atom. The molecule has 1 aliphatic rings. The highest BCUT2D eigenvalue weighted by Gasteiger charge is 2.23. The van der Waals surface area contributed by atoms with Gasteiger partial charge in [0.25, 0.3) is 5.91 Å². The fraction of sp³-hybridized carbons (Fsp3) is 0.381. The largest absolute Gasteiger partial charge is 0.491 e. The number of carbonyl (C=O) groups excluding carboxylic acids is 1. The minimum atomic E-state index is -3.65. The van der Waals surface area contributed by atoms with Gasteiger partial charge < -0.3 is 14.8 Å². The monoisotopic (exact) mass is 418 g/mol. The molecular formula is C21H26N2O5S. The molecule has 1 amide bonds. The van der Waals surface area contributed by atoms with E-state index in [0.29, 0.717) is 24.7 Å². The van der Waals surface area contributed by atoms with Gasteiger partial charge in [0, 0.05) is 24.4 Å². The van der Waals surface area contributed by atoms with Gasteiger partial charge in [-0.25, -0.2) is 13.1 Å². The van der Waals surface area contributed by atoms with Gasteiger partial charge >= 0.3 is 0 Å². The number of methoxy groups -OCH3 is 1.